The standard InChI is InChI=1S/C21H32N4O3.HI/c1-4-22-21(24-10-9-19(26)14-24)23-11-17-5-7-18(8-6-17)20(27)25-12-15(2)28-16(3)13-25;/h5-8,15-16,19,26H,4,9-14H2,1-3H3,(H,22,23);1H/t15?,16?,19-;/m1./s1. The van der Waals surface area contributed by atoms with Gasteiger partial charge in [0.25, 0.3) is 5.91 Å². The molecule has 7 nitrogen and oxygen atoms in total. The van der Waals surface area contributed by atoms with Crippen molar-refractivity contribution in [1.29, 1.82) is 0 Å². The summed E-state index contributed by atoms with van der Waals surface area (Å²) in [6.45, 7) is 10.1. The predicted molar refractivity (Wildman–Crippen MR) is 125 cm³/mol. The van der Waals surface area contributed by atoms with Crippen LogP contribution in [0.4, 0.5) is 0 Å². The fourth-order valence-corrected chi connectivity index (χ4v) is 3.81. The summed E-state index contributed by atoms with van der Waals surface area (Å²) in [5, 5.41) is 13.0. The number of aliphatic imine (C=N–C) groups is 1. The van der Waals surface area contributed by atoms with Crippen molar-refractivity contribution in [2.45, 2.75) is 52.0 Å². The van der Waals surface area contributed by atoms with E-state index in [-0.39, 0.29) is 48.2 Å². The first-order valence-corrected chi connectivity index (χ1v) is 10.2. The second-order valence-electron chi connectivity index (χ2n) is 7.72. The van der Waals surface area contributed by atoms with Crippen LogP contribution in [0.25, 0.3) is 0 Å². The third kappa shape index (κ3) is 6.55. The lowest BCUT2D eigenvalue weighted by Gasteiger charge is -2.35. The van der Waals surface area contributed by atoms with Crippen LogP contribution in [0.5, 0.6) is 0 Å². The van der Waals surface area contributed by atoms with Gasteiger partial charge >= 0.3 is 0 Å². The highest BCUT2D eigenvalue weighted by atomic mass is 127. The number of morpholine rings is 1. The first kappa shape index (κ1) is 23.9. The number of nitrogens with one attached hydrogen (secondary N) is 1. The minimum absolute atomic E-state index is 0. The minimum atomic E-state index is -0.278. The zero-order valence-electron chi connectivity index (χ0n) is 17.5. The number of rotatable bonds is 4. The van der Waals surface area contributed by atoms with E-state index in [4.69, 9.17) is 9.73 Å². The molecule has 1 amide bonds. The van der Waals surface area contributed by atoms with Gasteiger partial charge in [0.15, 0.2) is 5.96 Å². The van der Waals surface area contributed by atoms with Gasteiger partial charge in [-0.15, -0.1) is 24.0 Å². The van der Waals surface area contributed by atoms with Crippen molar-refractivity contribution in [3.8, 4) is 0 Å². The third-order valence-electron chi connectivity index (χ3n) is 5.12. The van der Waals surface area contributed by atoms with Gasteiger partial charge in [0.1, 0.15) is 0 Å². The first-order chi connectivity index (χ1) is 13.5. The number of halogens is 1. The number of aliphatic hydroxyl groups is 1. The Bertz CT molecular complexity index is 688. The van der Waals surface area contributed by atoms with Crippen molar-refractivity contribution in [2.75, 3.05) is 32.7 Å². The topological polar surface area (TPSA) is 77.4 Å². The molecule has 2 unspecified atom stereocenters. The smallest absolute Gasteiger partial charge is 0.254 e. The number of benzene rings is 1. The molecule has 0 spiro atoms. The maximum atomic E-state index is 12.8. The molecule has 2 saturated heterocycles. The molecule has 162 valence electrons. The summed E-state index contributed by atoms with van der Waals surface area (Å²) in [7, 11) is 0. The molecule has 3 rings (SSSR count). The number of amides is 1. The van der Waals surface area contributed by atoms with Crippen LogP contribution in [-0.4, -0.2) is 77.8 Å². The van der Waals surface area contributed by atoms with Crippen LogP contribution in [0.15, 0.2) is 29.3 Å². The average molecular weight is 516 g/mol. The molecule has 2 fully saturated rings. The fraction of sp³-hybridized carbons (Fsp3) is 0.619. The predicted octanol–water partition coefficient (Wildman–Crippen LogP) is 2.09. The molecule has 0 bridgehead atoms. The van der Waals surface area contributed by atoms with Gasteiger partial charge in [-0.05, 0) is 44.9 Å². The Balaban J connectivity index is 0.00000300. The van der Waals surface area contributed by atoms with E-state index in [0.717, 1.165) is 31.0 Å². The van der Waals surface area contributed by atoms with Crippen LogP contribution in [0.3, 0.4) is 0 Å². The molecule has 1 aromatic rings. The van der Waals surface area contributed by atoms with Gasteiger partial charge < -0.3 is 25.0 Å². The molecule has 0 saturated carbocycles. The van der Waals surface area contributed by atoms with E-state index < -0.39 is 0 Å². The SMILES string of the molecule is CCNC(=NCc1ccc(C(=O)N2CC(C)OC(C)C2)cc1)N1CC[C@@H](O)C1.I. The van der Waals surface area contributed by atoms with E-state index in [1.807, 2.05) is 49.9 Å². The van der Waals surface area contributed by atoms with E-state index >= 15 is 0 Å². The normalized spacial score (nSPS) is 25.0. The number of guanidine groups is 1. The number of hydrogen-bond acceptors (Lipinski definition) is 4. The summed E-state index contributed by atoms with van der Waals surface area (Å²) in [5.74, 6) is 0.881. The van der Waals surface area contributed by atoms with Crippen LogP contribution in [0.2, 0.25) is 0 Å². The van der Waals surface area contributed by atoms with Gasteiger partial charge in [-0.1, -0.05) is 12.1 Å². The Morgan fingerprint density at radius 2 is 1.83 bits per heavy atom. The summed E-state index contributed by atoms with van der Waals surface area (Å²) in [6.07, 6.45) is 0.629. The molecule has 8 heteroatoms. The highest BCUT2D eigenvalue weighted by Gasteiger charge is 2.26. The highest BCUT2D eigenvalue weighted by Crippen LogP contribution is 2.16. The number of ether oxygens (including phenoxy) is 1. The zero-order chi connectivity index (χ0) is 20.1. The molecule has 2 N–H and O–H groups in total. The molecule has 3 atom stereocenters. The van der Waals surface area contributed by atoms with Gasteiger partial charge in [-0.2, -0.15) is 0 Å². The van der Waals surface area contributed by atoms with E-state index in [0.29, 0.717) is 31.7 Å². The average Bonchev–Trinajstić information content (AvgIpc) is 3.10. The van der Waals surface area contributed by atoms with E-state index in [9.17, 15) is 9.90 Å². The van der Waals surface area contributed by atoms with Gasteiger partial charge in [-0.25, -0.2) is 4.99 Å². The Labute approximate surface area is 190 Å². The molecule has 0 aliphatic carbocycles. The lowest BCUT2D eigenvalue weighted by molar-refractivity contribution is -0.0586. The summed E-state index contributed by atoms with van der Waals surface area (Å²) in [6, 6.07) is 7.69. The maximum Gasteiger partial charge on any atom is 0.254 e. The summed E-state index contributed by atoms with van der Waals surface area (Å²) in [4.78, 5) is 21.4. The van der Waals surface area contributed by atoms with Crippen LogP contribution in [0, 0.1) is 0 Å². The molecule has 2 aliphatic rings. The van der Waals surface area contributed by atoms with Gasteiger partial charge in [0.05, 0.1) is 24.9 Å². The van der Waals surface area contributed by atoms with Crippen LogP contribution in [-0.2, 0) is 11.3 Å². The van der Waals surface area contributed by atoms with E-state index in [1.165, 1.54) is 0 Å². The van der Waals surface area contributed by atoms with E-state index in [1.54, 1.807) is 0 Å². The number of carbonyl (C=O) groups excluding carboxylic acids is 1. The third-order valence-corrected chi connectivity index (χ3v) is 5.12. The van der Waals surface area contributed by atoms with Crippen molar-refractivity contribution >= 4 is 35.8 Å². The van der Waals surface area contributed by atoms with E-state index in [2.05, 4.69) is 10.2 Å². The van der Waals surface area contributed by atoms with Crippen LogP contribution < -0.4 is 5.32 Å². The molecule has 1 aromatic carbocycles. The lowest BCUT2D eigenvalue weighted by Crippen LogP contribution is -2.48. The second-order valence-corrected chi connectivity index (χ2v) is 7.72. The number of hydrogen-bond donors (Lipinski definition) is 2. The molecule has 29 heavy (non-hydrogen) atoms. The highest BCUT2D eigenvalue weighted by molar-refractivity contribution is 14.0. The maximum absolute atomic E-state index is 12.8. The Morgan fingerprint density at radius 3 is 2.38 bits per heavy atom. The van der Waals surface area contributed by atoms with Crippen molar-refractivity contribution in [2.24, 2.45) is 4.99 Å². The van der Waals surface area contributed by atoms with Gasteiger partial charge in [0, 0.05) is 38.3 Å². The summed E-state index contributed by atoms with van der Waals surface area (Å²) >= 11 is 0. The molecular formula is C21H33IN4O3. The van der Waals surface area contributed by atoms with Crippen LogP contribution in [0.1, 0.15) is 43.1 Å². The van der Waals surface area contributed by atoms with Gasteiger partial charge in [0.2, 0.25) is 0 Å². The largest absolute Gasteiger partial charge is 0.391 e. The molecule has 0 radical (unpaired) electrons. The number of nitrogens with zero attached hydrogens (tertiary/aromatic N) is 3. The van der Waals surface area contributed by atoms with Crippen molar-refractivity contribution in [3.05, 3.63) is 35.4 Å². The number of aliphatic hydroxyl groups excluding tert-OH is 1. The van der Waals surface area contributed by atoms with Crippen molar-refractivity contribution in [3.63, 3.8) is 0 Å². The van der Waals surface area contributed by atoms with Crippen LogP contribution >= 0.6 is 24.0 Å². The Hall–Kier alpha value is -1.39. The monoisotopic (exact) mass is 516 g/mol. The molecule has 2 heterocycles. The number of likely N-dealkylation sites (tertiary alicyclic amines) is 1. The fourth-order valence-electron chi connectivity index (χ4n) is 3.81. The first-order valence-electron chi connectivity index (χ1n) is 10.2. The summed E-state index contributed by atoms with van der Waals surface area (Å²) < 4.78 is 5.71. The van der Waals surface area contributed by atoms with Crippen molar-refractivity contribution < 1.29 is 14.6 Å². The minimum Gasteiger partial charge on any atom is -0.391 e. The van der Waals surface area contributed by atoms with Gasteiger partial charge in [-0.3, -0.25) is 4.79 Å². The summed E-state index contributed by atoms with van der Waals surface area (Å²) in [5.41, 5.74) is 1.75. The lowest BCUT2D eigenvalue weighted by atomic mass is 10.1. The Morgan fingerprint density at radius 1 is 1.17 bits per heavy atom. The molecule has 2 aliphatic heterocycles. The molecule has 0 aromatic heterocycles. The quantitative estimate of drug-likeness (QED) is 0.364. The second kappa shape index (κ2) is 11.1. The number of β-amino-alcohol motifs (C(OH)–C–C–N with tert-alkyl or cyclic N) is 1. The Kier molecular flexibility index (Phi) is 9.16. The van der Waals surface area contributed by atoms with Crippen molar-refractivity contribution in [1.82, 2.24) is 15.1 Å². The number of carbonyl (C=O) groups is 1. The molecular weight excluding hydrogens is 483 g/mol. The zero-order valence-corrected chi connectivity index (χ0v) is 19.8.